The molecule has 9 nitrogen and oxygen atoms in total. The molecule has 5 aromatic rings. The first-order valence-corrected chi connectivity index (χ1v) is 12.9. The molecule has 5 rings (SSSR count). The molecule has 4 aromatic heterocycles. The molecule has 1 aromatic carbocycles. The van der Waals surface area contributed by atoms with Gasteiger partial charge in [0.1, 0.15) is 0 Å². The third-order valence-electron chi connectivity index (χ3n) is 5.23. The lowest BCUT2D eigenvalue weighted by molar-refractivity contribution is 0.356. The van der Waals surface area contributed by atoms with Gasteiger partial charge in [-0.25, -0.2) is 23.1 Å². The van der Waals surface area contributed by atoms with E-state index in [9.17, 15) is 8.42 Å². The zero-order valence-corrected chi connectivity index (χ0v) is 20.1. The molecular formula is C23H19N5O4S2. The maximum absolute atomic E-state index is 11.7. The number of fused-ring (bicyclic) bond motifs is 1. The molecule has 34 heavy (non-hydrogen) atoms. The van der Waals surface area contributed by atoms with Gasteiger partial charge in [-0.3, -0.25) is 4.98 Å². The van der Waals surface area contributed by atoms with Crippen LogP contribution in [0.1, 0.15) is 0 Å². The van der Waals surface area contributed by atoms with Crippen LogP contribution in [0.3, 0.4) is 0 Å². The Balaban J connectivity index is 1.63. The van der Waals surface area contributed by atoms with Gasteiger partial charge in [-0.1, -0.05) is 0 Å². The summed E-state index contributed by atoms with van der Waals surface area (Å²) in [6.07, 6.45) is 5.87. The molecule has 0 N–H and O–H groups in total. The summed E-state index contributed by atoms with van der Waals surface area (Å²) in [6, 6.07) is 8.84. The van der Waals surface area contributed by atoms with Crippen LogP contribution in [0.2, 0.25) is 0 Å². The second-order valence-corrected chi connectivity index (χ2v) is 10.2. The number of methoxy groups -OCH3 is 2. The van der Waals surface area contributed by atoms with Crippen molar-refractivity contribution in [1.82, 2.24) is 24.7 Å². The monoisotopic (exact) mass is 493 g/mol. The van der Waals surface area contributed by atoms with Gasteiger partial charge in [0.2, 0.25) is 0 Å². The lowest BCUT2D eigenvalue weighted by atomic mass is 10.1. The summed E-state index contributed by atoms with van der Waals surface area (Å²) >= 11 is 1.58. The van der Waals surface area contributed by atoms with Crippen LogP contribution in [-0.2, 0) is 9.84 Å². The van der Waals surface area contributed by atoms with E-state index in [1.165, 1.54) is 12.3 Å². The highest BCUT2D eigenvalue weighted by Crippen LogP contribution is 2.36. The maximum atomic E-state index is 11.7. The minimum Gasteiger partial charge on any atom is -0.493 e. The summed E-state index contributed by atoms with van der Waals surface area (Å²) in [6.45, 7) is 0. The molecule has 0 aliphatic carbocycles. The van der Waals surface area contributed by atoms with E-state index in [0.29, 0.717) is 34.2 Å². The summed E-state index contributed by atoms with van der Waals surface area (Å²) in [5.74, 6) is 1.53. The smallest absolute Gasteiger partial charge is 0.251 e. The van der Waals surface area contributed by atoms with Gasteiger partial charge in [0.25, 0.3) is 5.95 Å². The minimum atomic E-state index is -3.32. The number of nitrogens with zero attached hydrogens (tertiary/aromatic N) is 5. The second-order valence-electron chi connectivity index (χ2n) is 7.43. The quantitative estimate of drug-likeness (QED) is 0.349. The molecule has 0 aliphatic rings. The summed E-state index contributed by atoms with van der Waals surface area (Å²) in [7, 11) is -0.154. The molecule has 0 amide bonds. The molecule has 0 spiro atoms. The van der Waals surface area contributed by atoms with E-state index in [-0.39, 0.29) is 4.90 Å². The number of pyridine rings is 1. The van der Waals surface area contributed by atoms with Gasteiger partial charge in [-0.05, 0) is 29.6 Å². The Morgan fingerprint density at radius 2 is 1.76 bits per heavy atom. The van der Waals surface area contributed by atoms with Crippen molar-refractivity contribution in [3.8, 4) is 40.0 Å². The number of sulfone groups is 1. The van der Waals surface area contributed by atoms with Crippen LogP contribution in [0.5, 0.6) is 11.5 Å². The first-order valence-electron chi connectivity index (χ1n) is 10.1. The number of ether oxygens (including phenoxy) is 2. The van der Waals surface area contributed by atoms with E-state index >= 15 is 0 Å². The van der Waals surface area contributed by atoms with Crippen molar-refractivity contribution >= 4 is 32.1 Å². The molecule has 4 heterocycles. The number of aromatic nitrogens is 5. The zero-order valence-electron chi connectivity index (χ0n) is 18.5. The lowest BCUT2D eigenvalue weighted by Gasteiger charge is -2.12. The molecule has 0 unspecified atom stereocenters. The van der Waals surface area contributed by atoms with E-state index in [0.717, 1.165) is 22.9 Å². The SMILES string of the molecule is COc1cc2nc(-n3cc(-c4ccc(S(C)(=O)=O)cn4)cn3)nc(-c3ccsc3)c2cc1OC. The van der Waals surface area contributed by atoms with Crippen molar-refractivity contribution in [2.75, 3.05) is 20.5 Å². The third-order valence-corrected chi connectivity index (χ3v) is 7.01. The molecule has 0 bridgehead atoms. The highest BCUT2D eigenvalue weighted by Gasteiger charge is 2.17. The molecule has 0 atom stereocenters. The van der Waals surface area contributed by atoms with Gasteiger partial charge in [0.15, 0.2) is 21.3 Å². The molecular weight excluding hydrogens is 474 g/mol. The number of rotatable bonds is 6. The fourth-order valence-electron chi connectivity index (χ4n) is 3.50. The standard InChI is InChI=1S/C23H19N5O4S2/c1-31-20-8-17-19(9-21(20)32-2)26-23(27-22(17)14-6-7-33-13-14)28-12-15(10-25-28)18-5-4-16(11-24-18)34(3,29)30/h4-13H,1-3H3. The van der Waals surface area contributed by atoms with Gasteiger partial charge < -0.3 is 9.47 Å². The number of thiophene rings is 1. The summed E-state index contributed by atoms with van der Waals surface area (Å²) < 4.78 is 35.9. The normalized spacial score (nSPS) is 11.6. The van der Waals surface area contributed by atoms with Crippen molar-refractivity contribution in [3.63, 3.8) is 0 Å². The van der Waals surface area contributed by atoms with E-state index in [4.69, 9.17) is 19.4 Å². The van der Waals surface area contributed by atoms with Crippen LogP contribution >= 0.6 is 11.3 Å². The van der Waals surface area contributed by atoms with Crippen LogP contribution in [-0.4, -0.2) is 53.6 Å². The van der Waals surface area contributed by atoms with Gasteiger partial charge in [0, 0.05) is 46.6 Å². The number of hydrogen-bond acceptors (Lipinski definition) is 9. The fraction of sp³-hybridized carbons (Fsp3) is 0.130. The van der Waals surface area contributed by atoms with Crippen LogP contribution < -0.4 is 9.47 Å². The number of hydrogen-bond donors (Lipinski definition) is 0. The first-order chi connectivity index (χ1) is 16.4. The van der Waals surface area contributed by atoms with Crippen LogP contribution in [0.4, 0.5) is 0 Å². The largest absolute Gasteiger partial charge is 0.493 e. The molecule has 0 radical (unpaired) electrons. The predicted octanol–water partition coefficient (Wildman–Crippen LogP) is 4.03. The average Bonchev–Trinajstić information content (AvgIpc) is 3.55. The van der Waals surface area contributed by atoms with Crippen LogP contribution in [0.15, 0.2) is 64.6 Å². The Morgan fingerprint density at radius 3 is 2.41 bits per heavy atom. The van der Waals surface area contributed by atoms with Crippen molar-refractivity contribution < 1.29 is 17.9 Å². The molecule has 0 fully saturated rings. The third kappa shape index (κ3) is 3.99. The molecule has 172 valence electrons. The fourth-order valence-corrected chi connectivity index (χ4v) is 4.70. The predicted molar refractivity (Wildman–Crippen MR) is 129 cm³/mol. The van der Waals surface area contributed by atoms with Gasteiger partial charge >= 0.3 is 0 Å². The van der Waals surface area contributed by atoms with E-state index in [1.54, 1.807) is 48.7 Å². The Kier molecular flexibility index (Phi) is 5.50. The van der Waals surface area contributed by atoms with E-state index < -0.39 is 9.84 Å². The van der Waals surface area contributed by atoms with Crippen molar-refractivity contribution in [2.24, 2.45) is 0 Å². The molecule has 11 heteroatoms. The molecule has 0 saturated heterocycles. The Labute approximate surface area is 199 Å². The Hall–Kier alpha value is -3.83. The van der Waals surface area contributed by atoms with Gasteiger partial charge in [-0.15, -0.1) is 0 Å². The van der Waals surface area contributed by atoms with Crippen molar-refractivity contribution in [3.05, 3.63) is 59.7 Å². The van der Waals surface area contributed by atoms with Crippen LogP contribution in [0, 0.1) is 0 Å². The molecule has 0 aliphatic heterocycles. The average molecular weight is 494 g/mol. The summed E-state index contributed by atoms with van der Waals surface area (Å²) in [5.41, 5.74) is 3.67. The summed E-state index contributed by atoms with van der Waals surface area (Å²) in [5, 5.41) is 9.25. The minimum absolute atomic E-state index is 0.159. The lowest BCUT2D eigenvalue weighted by Crippen LogP contribution is -2.04. The van der Waals surface area contributed by atoms with Crippen molar-refractivity contribution in [1.29, 1.82) is 0 Å². The molecule has 0 saturated carbocycles. The van der Waals surface area contributed by atoms with E-state index in [2.05, 4.69) is 10.1 Å². The van der Waals surface area contributed by atoms with Gasteiger partial charge in [-0.2, -0.15) is 16.4 Å². The number of benzene rings is 1. The van der Waals surface area contributed by atoms with Gasteiger partial charge in [0.05, 0.1) is 42.2 Å². The maximum Gasteiger partial charge on any atom is 0.251 e. The summed E-state index contributed by atoms with van der Waals surface area (Å²) in [4.78, 5) is 13.9. The topological polar surface area (TPSA) is 109 Å². The zero-order chi connectivity index (χ0) is 23.9. The van der Waals surface area contributed by atoms with Crippen LogP contribution in [0.25, 0.3) is 39.4 Å². The second kappa shape index (κ2) is 8.50. The highest BCUT2D eigenvalue weighted by molar-refractivity contribution is 7.90. The Morgan fingerprint density at radius 1 is 0.971 bits per heavy atom. The highest BCUT2D eigenvalue weighted by atomic mass is 32.2. The Bertz CT molecular complexity index is 1590. The van der Waals surface area contributed by atoms with E-state index in [1.807, 2.05) is 29.0 Å². The first kappa shape index (κ1) is 22.0. The van der Waals surface area contributed by atoms with Crippen molar-refractivity contribution in [2.45, 2.75) is 4.90 Å².